The van der Waals surface area contributed by atoms with Crippen LogP contribution < -0.4 is 5.32 Å². The number of carbonyl (C=O) groups excluding carboxylic acids is 1. The molecule has 1 heterocycles. The van der Waals surface area contributed by atoms with Crippen molar-refractivity contribution in [2.75, 3.05) is 5.75 Å². The highest BCUT2D eigenvalue weighted by Crippen LogP contribution is 2.22. The van der Waals surface area contributed by atoms with E-state index in [1.54, 1.807) is 18.3 Å². The zero-order valence-electron chi connectivity index (χ0n) is 12.0. The van der Waals surface area contributed by atoms with Gasteiger partial charge >= 0.3 is 0 Å². The van der Waals surface area contributed by atoms with E-state index in [1.807, 2.05) is 19.9 Å². The van der Waals surface area contributed by atoms with E-state index in [-0.39, 0.29) is 11.7 Å². The second-order valence-corrected chi connectivity index (χ2v) is 5.81. The summed E-state index contributed by atoms with van der Waals surface area (Å²) in [4.78, 5) is 16.6. The molecule has 2 aromatic rings. The van der Waals surface area contributed by atoms with Gasteiger partial charge in [-0.3, -0.25) is 4.79 Å². The van der Waals surface area contributed by atoms with Gasteiger partial charge in [-0.2, -0.15) is 0 Å². The predicted octanol–water partition coefficient (Wildman–Crippen LogP) is 3.57. The van der Waals surface area contributed by atoms with Gasteiger partial charge < -0.3 is 5.32 Å². The molecule has 0 bridgehead atoms. The molecule has 1 aromatic heterocycles. The molecule has 1 N–H and O–H groups in total. The lowest BCUT2D eigenvalue weighted by Gasteiger charge is -2.11. The molecular weight excluding hydrogens is 287 g/mol. The van der Waals surface area contributed by atoms with E-state index in [2.05, 4.69) is 10.3 Å². The summed E-state index contributed by atoms with van der Waals surface area (Å²) in [6.45, 7) is 4.20. The van der Waals surface area contributed by atoms with Gasteiger partial charge in [-0.1, -0.05) is 19.1 Å². The van der Waals surface area contributed by atoms with E-state index in [1.165, 1.54) is 23.9 Å². The first-order valence-corrected chi connectivity index (χ1v) is 7.71. The molecule has 0 aliphatic rings. The Bertz CT molecular complexity index is 646. The van der Waals surface area contributed by atoms with Crippen LogP contribution >= 0.6 is 11.8 Å². The number of benzene rings is 1. The van der Waals surface area contributed by atoms with Gasteiger partial charge in [0.05, 0.1) is 5.56 Å². The van der Waals surface area contributed by atoms with Gasteiger partial charge in [-0.05, 0) is 42.0 Å². The van der Waals surface area contributed by atoms with Gasteiger partial charge in [0.2, 0.25) is 0 Å². The van der Waals surface area contributed by atoms with Crippen molar-refractivity contribution in [3.05, 3.63) is 59.0 Å². The van der Waals surface area contributed by atoms with Crippen molar-refractivity contribution in [1.82, 2.24) is 10.3 Å². The summed E-state index contributed by atoms with van der Waals surface area (Å²) in [5, 5.41) is 3.55. The number of carbonyl (C=O) groups is 1. The number of aryl methyl sites for hydroxylation is 1. The van der Waals surface area contributed by atoms with Crippen molar-refractivity contribution in [2.24, 2.45) is 0 Å². The lowest BCUT2D eigenvalue weighted by Crippen LogP contribution is -2.24. The first-order chi connectivity index (χ1) is 10.1. The summed E-state index contributed by atoms with van der Waals surface area (Å²) in [5.74, 6) is 0.364. The molecule has 21 heavy (non-hydrogen) atoms. The highest BCUT2D eigenvalue weighted by molar-refractivity contribution is 7.99. The van der Waals surface area contributed by atoms with Crippen LogP contribution in [-0.4, -0.2) is 16.6 Å². The number of thioether (sulfide) groups is 1. The molecule has 3 nitrogen and oxygen atoms in total. The quantitative estimate of drug-likeness (QED) is 0.859. The second-order valence-electron chi connectivity index (χ2n) is 4.55. The number of pyridine rings is 1. The summed E-state index contributed by atoms with van der Waals surface area (Å²) in [5.41, 5.74) is 2.22. The van der Waals surface area contributed by atoms with Crippen LogP contribution in [0.2, 0.25) is 0 Å². The summed E-state index contributed by atoms with van der Waals surface area (Å²) in [7, 11) is 0. The van der Waals surface area contributed by atoms with E-state index < -0.39 is 0 Å². The fourth-order valence-corrected chi connectivity index (χ4v) is 2.78. The van der Waals surface area contributed by atoms with E-state index in [9.17, 15) is 9.18 Å². The molecule has 1 amide bonds. The van der Waals surface area contributed by atoms with Crippen molar-refractivity contribution in [3.8, 4) is 0 Å². The van der Waals surface area contributed by atoms with Gasteiger partial charge in [0.15, 0.2) is 0 Å². The van der Waals surface area contributed by atoms with E-state index in [0.29, 0.717) is 12.1 Å². The Balaban J connectivity index is 2.13. The summed E-state index contributed by atoms with van der Waals surface area (Å²) in [6.07, 6.45) is 1.71. The smallest absolute Gasteiger partial charge is 0.254 e. The van der Waals surface area contributed by atoms with Gasteiger partial charge in [-0.15, -0.1) is 11.8 Å². The third kappa shape index (κ3) is 4.04. The Morgan fingerprint density at radius 1 is 1.38 bits per heavy atom. The number of nitrogens with one attached hydrogen (secondary N) is 1. The molecular formula is C16H17FN2OS. The van der Waals surface area contributed by atoms with Crippen molar-refractivity contribution in [2.45, 2.75) is 25.4 Å². The lowest BCUT2D eigenvalue weighted by atomic mass is 10.1. The molecule has 0 fully saturated rings. The Kier molecular flexibility index (Phi) is 5.33. The largest absolute Gasteiger partial charge is 0.348 e. The summed E-state index contributed by atoms with van der Waals surface area (Å²) < 4.78 is 13.1. The molecule has 0 radical (unpaired) electrons. The van der Waals surface area contributed by atoms with E-state index in [4.69, 9.17) is 0 Å². The standard InChI is InChI=1S/C16H17FN2OS/c1-3-21-16-14(11(2)7-8-18-16)15(20)19-10-12-5-4-6-13(17)9-12/h4-9H,3,10H2,1-2H3,(H,19,20). The summed E-state index contributed by atoms with van der Waals surface area (Å²) in [6, 6.07) is 8.02. The van der Waals surface area contributed by atoms with Gasteiger partial charge in [0.25, 0.3) is 5.91 Å². The number of nitrogens with zero attached hydrogens (tertiary/aromatic N) is 1. The second kappa shape index (κ2) is 7.22. The van der Waals surface area contributed by atoms with Crippen LogP contribution in [-0.2, 0) is 6.54 Å². The Labute approximate surface area is 128 Å². The molecule has 0 aliphatic heterocycles. The minimum atomic E-state index is -0.304. The third-order valence-corrected chi connectivity index (χ3v) is 3.85. The predicted molar refractivity (Wildman–Crippen MR) is 82.9 cm³/mol. The topological polar surface area (TPSA) is 42.0 Å². The molecule has 0 saturated heterocycles. The first kappa shape index (κ1) is 15.5. The first-order valence-electron chi connectivity index (χ1n) is 6.73. The average Bonchev–Trinajstić information content (AvgIpc) is 2.45. The molecule has 1 aromatic carbocycles. The van der Waals surface area contributed by atoms with Crippen LogP contribution in [0.4, 0.5) is 4.39 Å². The fourth-order valence-electron chi connectivity index (χ4n) is 1.97. The van der Waals surface area contributed by atoms with Crippen molar-refractivity contribution in [1.29, 1.82) is 0 Å². The van der Waals surface area contributed by atoms with E-state index in [0.717, 1.165) is 21.9 Å². The van der Waals surface area contributed by atoms with Crippen LogP contribution in [0.15, 0.2) is 41.6 Å². The third-order valence-electron chi connectivity index (χ3n) is 2.97. The van der Waals surface area contributed by atoms with Crippen LogP contribution in [0.25, 0.3) is 0 Å². The number of amides is 1. The van der Waals surface area contributed by atoms with E-state index >= 15 is 0 Å². The number of aromatic nitrogens is 1. The molecule has 5 heteroatoms. The molecule has 110 valence electrons. The molecule has 0 spiro atoms. The van der Waals surface area contributed by atoms with Gasteiger partial charge in [0.1, 0.15) is 10.8 Å². The average molecular weight is 304 g/mol. The van der Waals surface area contributed by atoms with Gasteiger partial charge in [0, 0.05) is 12.7 Å². The maximum absolute atomic E-state index is 13.1. The molecule has 0 unspecified atom stereocenters. The SMILES string of the molecule is CCSc1nccc(C)c1C(=O)NCc1cccc(F)c1. The number of hydrogen-bond donors (Lipinski definition) is 1. The highest BCUT2D eigenvalue weighted by Gasteiger charge is 2.15. The summed E-state index contributed by atoms with van der Waals surface area (Å²) >= 11 is 1.54. The zero-order valence-corrected chi connectivity index (χ0v) is 12.8. The molecule has 0 aliphatic carbocycles. The van der Waals surface area contributed by atoms with Crippen molar-refractivity contribution in [3.63, 3.8) is 0 Å². The van der Waals surface area contributed by atoms with Crippen LogP contribution in [0, 0.1) is 12.7 Å². The minimum Gasteiger partial charge on any atom is -0.348 e. The molecule has 0 saturated carbocycles. The maximum atomic E-state index is 13.1. The van der Waals surface area contributed by atoms with Crippen molar-refractivity contribution < 1.29 is 9.18 Å². The van der Waals surface area contributed by atoms with Crippen molar-refractivity contribution >= 4 is 17.7 Å². The lowest BCUT2D eigenvalue weighted by molar-refractivity contribution is 0.0946. The maximum Gasteiger partial charge on any atom is 0.254 e. The number of rotatable bonds is 5. The Morgan fingerprint density at radius 3 is 2.90 bits per heavy atom. The Hall–Kier alpha value is -1.88. The molecule has 0 atom stereocenters. The highest BCUT2D eigenvalue weighted by atomic mass is 32.2. The molecule has 2 rings (SSSR count). The number of halogens is 1. The zero-order chi connectivity index (χ0) is 15.2. The normalized spacial score (nSPS) is 10.4. The van der Waals surface area contributed by atoms with Crippen LogP contribution in [0.1, 0.15) is 28.4 Å². The van der Waals surface area contributed by atoms with Crippen LogP contribution in [0.3, 0.4) is 0 Å². The Morgan fingerprint density at radius 2 is 2.19 bits per heavy atom. The fraction of sp³-hybridized carbons (Fsp3) is 0.250. The monoisotopic (exact) mass is 304 g/mol. The minimum absolute atomic E-state index is 0.180. The number of hydrogen-bond acceptors (Lipinski definition) is 3. The van der Waals surface area contributed by atoms with Gasteiger partial charge in [-0.25, -0.2) is 9.37 Å². The van der Waals surface area contributed by atoms with Crippen LogP contribution in [0.5, 0.6) is 0 Å².